The van der Waals surface area contributed by atoms with Crippen molar-refractivity contribution in [2.24, 2.45) is 17.8 Å². The fraction of sp³-hybridized carbons (Fsp3) is 0.500. The zero-order valence-corrected chi connectivity index (χ0v) is 16.2. The van der Waals surface area contributed by atoms with Crippen molar-refractivity contribution in [3.05, 3.63) is 48.3 Å². The van der Waals surface area contributed by atoms with Gasteiger partial charge in [0.05, 0.1) is 0 Å². The van der Waals surface area contributed by atoms with Gasteiger partial charge < -0.3 is 5.32 Å². The topological polar surface area (TPSA) is 45.2 Å². The average Bonchev–Trinajstić information content (AvgIpc) is 3.10. The summed E-state index contributed by atoms with van der Waals surface area (Å²) in [4.78, 5) is 19.3. The molecular weight excluding hydrogens is 346 g/mol. The van der Waals surface area contributed by atoms with E-state index in [1.54, 1.807) is 0 Å². The van der Waals surface area contributed by atoms with Crippen molar-refractivity contribution in [3.63, 3.8) is 0 Å². The van der Waals surface area contributed by atoms with E-state index in [1.165, 1.54) is 55.2 Å². The normalized spacial score (nSPS) is 32.4. The highest BCUT2D eigenvalue weighted by Crippen LogP contribution is 2.55. The molecule has 1 aromatic heterocycles. The van der Waals surface area contributed by atoms with Crippen molar-refractivity contribution >= 4 is 11.7 Å². The largest absolute Gasteiger partial charge is 0.332 e. The third kappa shape index (κ3) is 2.65. The van der Waals surface area contributed by atoms with Gasteiger partial charge in [0.15, 0.2) is 0 Å². The molecule has 4 bridgehead atoms. The van der Waals surface area contributed by atoms with Crippen molar-refractivity contribution in [1.29, 1.82) is 0 Å². The van der Waals surface area contributed by atoms with Gasteiger partial charge in [-0.3, -0.25) is 9.88 Å². The summed E-state index contributed by atoms with van der Waals surface area (Å²) < 4.78 is 0. The lowest BCUT2D eigenvalue weighted by molar-refractivity contribution is -0.0131. The van der Waals surface area contributed by atoms with Crippen molar-refractivity contribution in [2.75, 3.05) is 11.4 Å². The van der Waals surface area contributed by atoms with Crippen LogP contribution in [0.5, 0.6) is 0 Å². The molecule has 0 unspecified atom stereocenters. The van der Waals surface area contributed by atoms with Gasteiger partial charge in [-0.05, 0) is 104 Å². The second kappa shape index (κ2) is 6.07. The summed E-state index contributed by atoms with van der Waals surface area (Å²) in [5.41, 5.74) is 4.81. The Bertz CT molecular complexity index is 887. The third-order valence-corrected chi connectivity index (χ3v) is 7.64. The summed E-state index contributed by atoms with van der Waals surface area (Å²) in [5.74, 6) is 2.54. The fourth-order valence-electron chi connectivity index (χ4n) is 6.89. The molecule has 4 aliphatic carbocycles. The molecule has 2 aromatic rings. The average molecular weight is 374 g/mol. The van der Waals surface area contributed by atoms with Crippen molar-refractivity contribution < 1.29 is 4.79 Å². The second-order valence-electron chi connectivity index (χ2n) is 9.61. The standard InChI is InChI=1S/C24H27N3O/c28-23(26-24-13-16-9-17(14-24)11-18(10-16)15-24)27-8-5-21-12-20(1-2-22(21)27)19-3-6-25-7-4-19/h1-4,6-7,12,16-18H,5,8-11,13-15H2,(H,26,28). The van der Waals surface area contributed by atoms with Crippen molar-refractivity contribution in [2.45, 2.75) is 50.5 Å². The summed E-state index contributed by atoms with van der Waals surface area (Å²) in [5, 5.41) is 3.53. The van der Waals surface area contributed by atoms with Gasteiger partial charge in [-0.1, -0.05) is 6.07 Å². The zero-order chi connectivity index (χ0) is 18.7. The lowest BCUT2D eigenvalue weighted by Gasteiger charge is -2.57. The maximum Gasteiger partial charge on any atom is 0.322 e. The number of anilines is 1. The van der Waals surface area contributed by atoms with E-state index in [-0.39, 0.29) is 11.6 Å². The number of hydrogen-bond donors (Lipinski definition) is 1. The number of pyridine rings is 1. The summed E-state index contributed by atoms with van der Waals surface area (Å²) in [7, 11) is 0. The number of fused-ring (bicyclic) bond motifs is 1. The van der Waals surface area contributed by atoms with Crippen LogP contribution in [0.1, 0.15) is 44.1 Å². The lowest BCUT2D eigenvalue weighted by atomic mass is 9.53. The van der Waals surface area contributed by atoms with Gasteiger partial charge in [0, 0.05) is 30.2 Å². The second-order valence-corrected chi connectivity index (χ2v) is 9.61. The SMILES string of the molecule is O=C(NC12CC3CC(CC(C3)C1)C2)N1CCc2cc(-c3ccncc3)ccc21. The molecule has 4 nitrogen and oxygen atoms in total. The molecule has 4 fully saturated rings. The number of aromatic nitrogens is 1. The summed E-state index contributed by atoms with van der Waals surface area (Å²) in [6.07, 6.45) is 12.4. The van der Waals surface area contributed by atoms with E-state index in [0.29, 0.717) is 0 Å². The molecule has 1 aromatic carbocycles. The predicted octanol–water partition coefficient (Wildman–Crippen LogP) is 4.79. The van der Waals surface area contributed by atoms with Gasteiger partial charge >= 0.3 is 6.03 Å². The molecule has 2 heterocycles. The smallest absolute Gasteiger partial charge is 0.322 e. The maximum atomic E-state index is 13.3. The van der Waals surface area contributed by atoms with Crippen molar-refractivity contribution in [1.82, 2.24) is 10.3 Å². The first-order chi connectivity index (χ1) is 13.7. The Kier molecular flexibility index (Phi) is 3.59. The summed E-state index contributed by atoms with van der Waals surface area (Å²) in [6, 6.07) is 10.7. The molecule has 0 atom stereocenters. The quantitative estimate of drug-likeness (QED) is 0.823. The minimum atomic E-state index is 0.0750. The number of carbonyl (C=O) groups excluding carboxylic acids is 1. The van der Waals surface area contributed by atoms with E-state index in [2.05, 4.69) is 28.5 Å². The number of nitrogens with zero attached hydrogens (tertiary/aromatic N) is 2. The van der Waals surface area contributed by atoms with E-state index in [9.17, 15) is 4.79 Å². The Balaban J connectivity index is 1.23. The van der Waals surface area contributed by atoms with Gasteiger partial charge in [0.25, 0.3) is 0 Å². The summed E-state index contributed by atoms with van der Waals surface area (Å²) >= 11 is 0. The maximum absolute atomic E-state index is 13.3. The van der Waals surface area contributed by atoms with Crippen LogP contribution in [0.4, 0.5) is 10.5 Å². The number of benzene rings is 1. The van der Waals surface area contributed by atoms with Crippen LogP contribution in [0.3, 0.4) is 0 Å². The van der Waals surface area contributed by atoms with Gasteiger partial charge in [0.1, 0.15) is 0 Å². The molecule has 4 heteroatoms. The van der Waals surface area contributed by atoms with Crippen LogP contribution >= 0.6 is 0 Å². The van der Waals surface area contributed by atoms with E-state index in [0.717, 1.165) is 36.4 Å². The monoisotopic (exact) mass is 373 g/mol. The first-order valence-electron chi connectivity index (χ1n) is 10.8. The van der Waals surface area contributed by atoms with Crippen molar-refractivity contribution in [3.8, 4) is 11.1 Å². The Morgan fingerprint density at radius 2 is 1.64 bits per heavy atom. The van der Waals surface area contributed by atoms with Crippen LogP contribution in [-0.4, -0.2) is 23.1 Å². The van der Waals surface area contributed by atoms with E-state index in [4.69, 9.17) is 0 Å². The molecule has 144 valence electrons. The number of urea groups is 1. The summed E-state index contributed by atoms with van der Waals surface area (Å²) in [6.45, 7) is 0.785. The Hall–Kier alpha value is -2.36. The Morgan fingerprint density at radius 3 is 2.32 bits per heavy atom. The molecule has 1 aliphatic heterocycles. The van der Waals surface area contributed by atoms with E-state index < -0.39 is 0 Å². The van der Waals surface area contributed by atoms with Gasteiger partial charge in [-0.25, -0.2) is 4.79 Å². The zero-order valence-electron chi connectivity index (χ0n) is 16.2. The number of rotatable bonds is 2. The highest BCUT2D eigenvalue weighted by Gasteiger charge is 2.52. The van der Waals surface area contributed by atoms with Crippen LogP contribution in [0.2, 0.25) is 0 Å². The highest BCUT2D eigenvalue weighted by molar-refractivity contribution is 5.95. The molecule has 0 saturated heterocycles. The van der Waals surface area contributed by atoms with Crippen LogP contribution in [0.15, 0.2) is 42.7 Å². The van der Waals surface area contributed by atoms with Gasteiger partial charge in [-0.15, -0.1) is 0 Å². The molecule has 5 aliphatic rings. The van der Waals surface area contributed by atoms with Gasteiger partial charge in [-0.2, -0.15) is 0 Å². The fourth-order valence-corrected chi connectivity index (χ4v) is 6.89. The highest BCUT2D eigenvalue weighted by atomic mass is 16.2. The molecule has 0 radical (unpaired) electrons. The van der Waals surface area contributed by atoms with Crippen LogP contribution in [0, 0.1) is 17.8 Å². The first kappa shape index (κ1) is 16.6. The molecule has 1 N–H and O–H groups in total. The molecule has 7 rings (SSSR count). The van der Waals surface area contributed by atoms with Gasteiger partial charge in [0.2, 0.25) is 0 Å². The van der Waals surface area contributed by atoms with Crippen LogP contribution in [-0.2, 0) is 6.42 Å². The Labute approximate surface area is 166 Å². The molecule has 4 saturated carbocycles. The molecule has 2 amide bonds. The Morgan fingerprint density at radius 1 is 0.964 bits per heavy atom. The molecule has 28 heavy (non-hydrogen) atoms. The molecule has 0 spiro atoms. The minimum absolute atomic E-state index is 0.0750. The van der Waals surface area contributed by atoms with E-state index in [1.807, 2.05) is 29.4 Å². The third-order valence-electron chi connectivity index (χ3n) is 7.64. The number of nitrogens with one attached hydrogen (secondary N) is 1. The number of hydrogen-bond acceptors (Lipinski definition) is 2. The van der Waals surface area contributed by atoms with Crippen LogP contribution < -0.4 is 10.2 Å². The van der Waals surface area contributed by atoms with E-state index >= 15 is 0 Å². The molecular formula is C24H27N3O. The predicted molar refractivity (Wildman–Crippen MR) is 110 cm³/mol. The van der Waals surface area contributed by atoms with Crippen LogP contribution in [0.25, 0.3) is 11.1 Å². The lowest BCUT2D eigenvalue weighted by Crippen LogP contribution is -2.61. The number of amides is 2. The number of carbonyl (C=O) groups is 1. The minimum Gasteiger partial charge on any atom is -0.332 e. The first-order valence-corrected chi connectivity index (χ1v) is 10.8.